The Morgan fingerprint density at radius 2 is 2.12 bits per heavy atom. The van der Waals surface area contributed by atoms with Gasteiger partial charge in [0, 0.05) is 5.69 Å². The van der Waals surface area contributed by atoms with E-state index in [2.05, 4.69) is 15.0 Å². The van der Waals surface area contributed by atoms with E-state index in [9.17, 15) is 4.79 Å². The summed E-state index contributed by atoms with van der Waals surface area (Å²) in [6.07, 6.45) is 2.70. The molecule has 0 aliphatic carbocycles. The number of carbonyl (C=O) groups is 1. The normalized spacial score (nSPS) is 10.1. The summed E-state index contributed by atoms with van der Waals surface area (Å²) in [5, 5.41) is 6.25. The Balaban J connectivity index is 2.15. The van der Waals surface area contributed by atoms with E-state index >= 15 is 0 Å². The van der Waals surface area contributed by atoms with Crippen molar-refractivity contribution in [1.29, 1.82) is 0 Å². The standard InChI is InChI=1S/C12H12N2O2/c1-8-3-4-11(5-9(8)2)14-12(15)10-6-13-16-7-10/h3-7H,1-2H3,(H,14,15). The van der Waals surface area contributed by atoms with E-state index in [1.165, 1.54) is 18.0 Å². The van der Waals surface area contributed by atoms with Crippen LogP contribution < -0.4 is 5.32 Å². The van der Waals surface area contributed by atoms with E-state index < -0.39 is 0 Å². The molecule has 16 heavy (non-hydrogen) atoms. The van der Waals surface area contributed by atoms with Gasteiger partial charge in [-0.05, 0) is 37.1 Å². The van der Waals surface area contributed by atoms with Crippen LogP contribution in [0.2, 0.25) is 0 Å². The molecule has 1 heterocycles. The molecular weight excluding hydrogens is 204 g/mol. The molecule has 0 unspecified atom stereocenters. The monoisotopic (exact) mass is 216 g/mol. The maximum absolute atomic E-state index is 11.7. The van der Waals surface area contributed by atoms with Gasteiger partial charge in [-0.25, -0.2) is 0 Å². The van der Waals surface area contributed by atoms with Crippen LogP contribution in [0.1, 0.15) is 21.5 Å². The number of carbonyl (C=O) groups excluding carboxylic acids is 1. The van der Waals surface area contributed by atoms with Crippen LogP contribution in [0.3, 0.4) is 0 Å². The van der Waals surface area contributed by atoms with Gasteiger partial charge in [-0.1, -0.05) is 11.2 Å². The third-order valence-corrected chi connectivity index (χ3v) is 2.46. The molecule has 4 nitrogen and oxygen atoms in total. The second-order valence-corrected chi connectivity index (χ2v) is 3.67. The molecule has 0 atom stereocenters. The van der Waals surface area contributed by atoms with Gasteiger partial charge in [0.2, 0.25) is 0 Å². The van der Waals surface area contributed by atoms with Gasteiger partial charge in [0.1, 0.15) is 6.26 Å². The minimum Gasteiger partial charge on any atom is -0.364 e. The average molecular weight is 216 g/mol. The van der Waals surface area contributed by atoms with Gasteiger partial charge in [-0.2, -0.15) is 0 Å². The molecule has 2 aromatic rings. The lowest BCUT2D eigenvalue weighted by molar-refractivity contribution is 0.102. The highest BCUT2D eigenvalue weighted by atomic mass is 16.5. The van der Waals surface area contributed by atoms with Crippen molar-refractivity contribution in [2.75, 3.05) is 5.32 Å². The van der Waals surface area contributed by atoms with Crippen molar-refractivity contribution in [2.45, 2.75) is 13.8 Å². The van der Waals surface area contributed by atoms with Crippen LogP contribution in [-0.4, -0.2) is 11.1 Å². The molecule has 0 saturated heterocycles. The molecule has 2 rings (SSSR count). The Labute approximate surface area is 93.3 Å². The third kappa shape index (κ3) is 2.11. The summed E-state index contributed by atoms with van der Waals surface area (Å²) in [6.45, 7) is 4.03. The Bertz CT molecular complexity index is 504. The molecule has 0 radical (unpaired) electrons. The zero-order valence-corrected chi connectivity index (χ0v) is 9.15. The summed E-state index contributed by atoms with van der Waals surface area (Å²) in [6, 6.07) is 5.77. The maximum Gasteiger partial charge on any atom is 0.260 e. The number of benzene rings is 1. The van der Waals surface area contributed by atoms with Crippen LogP contribution in [-0.2, 0) is 0 Å². The molecule has 0 aliphatic heterocycles. The van der Waals surface area contributed by atoms with Gasteiger partial charge in [0.15, 0.2) is 0 Å². The number of nitrogens with one attached hydrogen (secondary N) is 1. The summed E-state index contributed by atoms with van der Waals surface area (Å²) < 4.78 is 4.61. The van der Waals surface area contributed by atoms with E-state index in [1.807, 2.05) is 32.0 Å². The Hall–Kier alpha value is -2.10. The highest BCUT2D eigenvalue weighted by Gasteiger charge is 2.08. The van der Waals surface area contributed by atoms with Gasteiger partial charge in [-0.3, -0.25) is 4.79 Å². The first-order valence-electron chi connectivity index (χ1n) is 4.95. The first-order chi connectivity index (χ1) is 7.66. The van der Waals surface area contributed by atoms with Gasteiger partial charge in [-0.15, -0.1) is 0 Å². The summed E-state index contributed by atoms with van der Waals surface area (Å²) >= 11 is 0. The molecule has 0 aliphatic rings. The van der Waals surface area contributed by atoms with Gasteiger partial charge in [0.05, 0.1) is 11.8 Å². The number of rotatable bonds is 2. The smallest absolute Gasteiger partial charge is 0.260 e. The molecule has 0 saturated carbocycles. The Morgan fingerprint density at radius 3 is 2.75 bits per heavy atom. The van der Waals surface area contributed by atoms with E-state index in [0.29, 0.717) is 5.56 Å². The van der Waals surface area contributed by atoms with Gasteiger partial charge in [0.25, 0.3) is 5.91 Å². The largest absolute Gasteiger partial charge is 0.364 e. The van der Waals surface area contributed by atoms with Crippen molar-refractivity contribution in [3.05, 3.63) is 47.3 Å². The van der Waals surface area contributed by atoms with E-state index in [-0.39, 0.29) is 5.91 Å². The zero-order valence-electron chi connectivity index (χ0n) is 9.15. The topological polar surface area (TPSA) is 55.1 Å². The summed E-state index contributed by atoms with van der Waals surface area (Å²) in [5.74, 6) is -0.218. The van der Waals surface area contributed by atoms with Crippen LogP contribution in [0.4, 0.5) is 5.69 Å². The van der Waals surface area contributed by atoms with Crippen molar-refractivity contribution >= 4 is 11.6 Å². The number of hydrogen-bond acceptors (Lipinski definition) is 3. The number of aryl methyl sites for hydroxylation is 2. The fourth-order valence-corrected chi connectivity index (χ4v) is 1.34. The molecular formula is C12H12N2O2. The lowest BCUT2D eigenvalue weighted by Gasteiger charge is -2.06. The number of anilines is 1. The maximum atomic E-state index is 11.7. The summed E-state index contributed by atoms with van der Waals surface area (Å²) in [4.78, 5) is 11.7. The first kappa shape index (κ1) is 10.4. The summed E-state index contributed by atoms with van der Waals surface area (Å²) in [5.41, 5.74) is 3.53. The van der Waals surface area contributed by atoms with Crippen LogP contribution in [0.5, 0.6) is 0 Å². The molecule has 0 spiro atoms. The predicted molar refractivity (Wildman–Crippen MR) is 60.4 cm³/mol. The fourth-order valence-electron chi connectivity index (χ4n) is 1.34. The van der Waals surface area contributed by atoms with Crippen LogP contribution >= 0.6 is 0 Å². The van der Waals surface area contributed by atoms with Crippen molar-refractivity contribution in [3.8, 4) is 0 Å². The quantitative estimate of drug-likeness (QED) is 0.839. The van der Waals surface area contributed by atoms with Crippen molar-refractivity contribution in [3.63, 3.8) is 0 Å². The predicted octanol–water partition coefficient (Wildman–Crippen LogP) is 2.54. The second kappa shape index (κ2) is 4.18. The lowest BCUT2D eigenvalue weighted by atomic mass is 10.1. The van der Waals surface area contributed by atoms with E-state index in [1.54, 1.807) is 0 Å². The molecule has 82 valence electrons. The minimum absolute atomic E-state index is 0.218. The highest BCUT2D eigenvalue weighted by Crippen LogP contribution is 2.15. The van der Waals surface area contributed by atoms with Crippen molar-refractivity contribution in [1.82, 2.24) is 5.16 Å². The second-order valence-electron chi connectivity index (χ2n) is 3.67. The molecule has 0 fully saturated rings. The van der Waals surface area contributed by atoms with E-state index in [0.717, 1.165) is 11.3 Å². The summed E-state index contributed by atoms with van der Waals surface area (Å²) in [7, 11) is 0. The third-order valence-electron chi connectivity index (χ3n) is 2.46. The average Bonchev–Trinajstić information content (AvgIpc) is 2.77. The molecule has 1 amide bonds. The molecule has 1 aromatic heterocycles. The number of nitrogens with zero attached hydrogens (tertiary/aromatic N) is 1. The SMILES string of the molecule is Cc1ccc(NC(=O)c2cnoc2)cc1C. The number of amides is 1. The molecule has 1 aromatic carbocycles. The first-order valence-corrected chi connectivity index (χ1v) is 4.95. The van der Waals surface area contributed by atoms with E-state index in [4.69, 9.17) is 0 Å². The van der Waals surface area contributed by atoms with Crippen LogP contribution in [0.25, 0.3) is 0 Å². The number of aromatic nitrogens is 1. The molecule has 1 N–H and O–H groups in total. The molecule has 4 heteroatoms. The highest BCUT2D eigenvalue weighted by molar-refractivity contribution is 6.03. The Kier molecular flexibility index (Phi) is 2.72. The van der Waals surface area contributed by atoms with Crippen molar-refractivity contribution in [2.24, 2.45) is 0 Å². The Morgan fingerprint density at radius 1 is 1.31 bits per heavy atom. The van der Waals surface area contributed by atoms with Crippen LogP contribution in [0, 0.1) is 13.8 Å². The van der Waals surface area contributed by atoms with Gasteiger partial charge < -0.3 is 9.84 Å². The van der Waals surface area contributed by atoms with Crippen LogP contribution in [0.15, 0.2) is 35.2 Å². The molecule has 0 bridgehead atoms. The minimum atomic E-state index is -0.218. The van der Waals surface area contributed by atoms with Crippen molar-refractivity contribution < 1.29 is 9.32 Å². The number of hydrogen-bond donors (Lipinski definition) is 1. The fraction of sp³-hybridized carbons (Fsp3) is 0.167. The van der Waals surface area contributed by atoms with Gasteiger partial charge >= 0.3 is 0 Å². The zero-order chi connectivity index (χ0) is 11.5. The lowest BCUT2D eigenvalue weighted by Crippen LogP contribution is -2.10.